The van der Waals surface area contributed by atoms with Crippen LogP contribution in [0.5, 0.6) is 0 Å². The first-order valence-electron chi connectivity index (χ1n) is 27.4. The SMILES string of the molecule is CCCCCCCCCCCCCCC#CCCCc1ccccc1N=C(C)C(CCCCCCCC)=Nc1ccccc1CCCC#CCCCCCCCCCCCCCC. The molecule has 0 aromatic heterocycles. The largest absolute Gasteiger partial charge is 0.252 e. The lowest BCUT2D eigenvalue weighted by molar-refractivity contribution is 0.545. The Morgan fingerprint density at radius 1 is 0.349 bits per heavy atom. The molecule has 2 nitrogen and oxygen atoms in total. The maximum atomic E-state index is 5.40. The predicted octanol–water partition coefficient (Wildman–Crippen LogP) is 20.1. The Hall–Kier alpha value is -3.10. The fourth-order valence-corrected chi connectivity index (χ4v) is 8.64. The Bertz CT molecular complexity index is 1540. The molecule has 0 heterocycles. The van der Waals surface area contributed by atoms with Crippen LogP contribution in [0.4, 0.5) is 11.4 Å². The van der Waals surface area contributed by atoms with Crippen LogP contribution in [0.2, 0.25) is 0 Å². The minimum Gasteiger partial charge on any atom is -0.252 e. The molecule has 2 aromatic rings. The van der Waals surface area contributed by atoms with Gasteiger partial charge in [-0.2, -0.15) is 0 Å². The van der Waals surface area contributed by atoms with Gasteiger partial charge in [-0.25, -0.2) is 0 Å². The van der Waals surface area contributed by atoms with Crippen molar-refractivity contribution >= 4 is 22.8 Å². The van der Waals surface area contributed by atoms with E-state index in [2.05, 4.69) is 99.9 Å². The summed E-state index contributed by atoms with van der Waals surface area (Å²) in [5.41, 5.74) is 7.03. The third-order valence-corrected chi connectivity index (χ3v) is 12.8. The van der Waals surface area contributed by atoms with Gasteiger partial charge in [-0.15, -0.1) is 23.7 Å². The number of hydrogen-bond donors (Lipinski definition) is 0. The summed E-state index contributed by atoms with van der Waals surface area (Å²) in [6.45, 7) is 9.07. The molecule has 0 spiro atoms. The minimum absolute atomic E-state index is 0.960. The van der Waals surface area contributed by atoms with Crippen molar-refractivity contribution in [3.63, 3.8) is 0 Å². The molecular weight excluding hydrogens is 761 g/mol. The molecule has 0 fully saturated rings. The standard InChI is InChI=1S/C61H98N2/c1-5-8-11-14-17-19-21-23-25-27-29-31-33-35-37-39-42-49-57-51-45-47-54-60(57)62-56(4)59(53-44-41-16-13-10-7-3)63-61-55-48-46-52-58(61)50-43-40-38-36-34-32-30-28-26-24-22-20-18-15-12-9-6-2/h45-48,51-52,54-55H,5-34,39-44,49-50,53H2,1-4H3. The molecule has 0 saturated carbocycles. The summed E-state index contributed by atoms with van der Waals surface area (Å²) in [5, 5.41) is 0. The summed E-state index contributed by atoms with van der Waals surface area (Å²) in [7, 11) is 0. The molecule has 0 aliphatic heterocycles. The van der Waals surface area contributed by atoms with E-state index in [-0.39, 0.29) is 0 Å². The van der Waals surface area contributed by atoms with Gasteiger partial charge in [-0.3, -0.25) is 9.98 Å². The second kappa shape index (κ2) is 42.8. The first-order chi connectivity index (χ1) is 31.2. The number of aryl methyl sites for hydroxylation is 2. The third kappa shape index (κ3) is 32.2. The van der Waals surface area contributed by atoms with E-state index >= 15 is 0 Å². The van der Waals surface area contributed by atoms with E-state index in [1.807, 2.05) is 0 Å². The molecule has 0 saturated heterocycles. The Labute approximate surface area is 392 Å². The van der Waals surface area contributed by atoms with E-state index in [1.165, 1.54) is 197 Å². The summed E-state index contributed by atoms with van der Waals surface area (Å²) < 4.78 is 0. The maximum absolute atomic E-state index is 5.40. The van der Waals surface area contributed by atoms with E-state index in [0.29, 0.717) is 0 Å². The van der Waals surface area contributed by atoms with Gasteiger partial charge in [0.05, 0.1) is 22.8 Å². The Balaban J connectivity index is 1.85. The van der Waals surface area contributed by atoms with Crippen LogP contribution in [0, 0.1) is 23.7 Å². The molecule has 0 amide bonds. The maximum Gasteiger partial charge on any atom is 0.0665 e. The summed E-state index contributed by atoms with van der Waals surface area (Å²) >= 11 is 0. The molecule has 63 heavy (non-hydrogen) atoms. The molecule has 0 atom stereocenters. The highest BCUT2D eigenvalue weighted by atomic mass is 14.8. The molecule has 0 aliphatic carbocycles. The Morgan fingerprint density at radius 3 is 1.03 bits per heavy atom. The normalized spacial score (nSPS) is 11.7. The quantitative estimate of drug-likeness (QED) is 0.0362. The highest BCUT2D eigenvalue weighted by Crippen LogP contribution is 2.25. The van der Waals surface area contributed by atoms with E-state index in [9.17, 15) is 0 Å². The highest BCUT2D eigenvalue weighted by Gasteiger charge is 2.10. The van der Waals surface area contributed by atoms with Gasteiger partial charge in [0.2, 0.25) is 0 Å². The molecule has 2 heteroatoms. The van der Waals surface area contributed by atoms with Crippen molar-refractivity contribution in [2.45, 2.75) is 278 Å². The van der Waals surface area contributed by atoms with Crippen LogP contribution < -0.4 is 0 Å². The zero-order chi connectivity index (χ0) is 44.9. The average Bonchev–Trinajstić information content (AvgIpc) is 3.30. The van der Waals surface area contributed by atoms with Crippen molar-refractivity contribution in [3.8, 4) is 23.7 Å². The lowest BCUT2D eigenvalue weighted by atomic mass is 10.0. The van der Waals surface area contributed by atoms with Gasteiger partial charge in [0.15, 0.2) is 0 Å². The first-order valence-corrected chi connectivity index (χ1v) is 27.4. The van der Waals surface area contributed by atoms with E-state index in [1.54, 1.807) is 0 Å². The molecule has 0 aliphatic rings. The fourth-order valence-electron chi connectivity index (χ4n) is 8.64. The summed E-state index contributed by atoms with van der Waals surface area (Å²) in [6, 6.07) is 17.5. The zero-order valence-corrected chi connectivity index (χ0v) is 42.1. The van der Waals surface area contributed by atoms with Gasteiger partial charge < -0.3 is 0 Å². The number of rotatable bonds is 40. The van der Waals surface area contributed by atoms with Crippen molar-refractivity contribution in [2.75, 3.05) is 0 Å². The molecule has 0 radical (unpaired) electrons. The smallest absolute Gasteiger partial charge is 0.0665 e. The van der Waals surface area contributed by atoms with Crippen LogP contribution in [-0.4, -0.2) is 11.4 Å². The molecule has 0 N–H and O–H groups in total. The van der Waals surface area contributed by atoms with Crippen molar-refractivity contribution in [3.05, 3.63) is 59.7 Å². The summed E-state index contributed by atoms with van der Waals surface area (Å²) in [5.74, 6) is 13.9. The van der Waals surface area contributed by atoms with Crippen LogP contribution in [0.25, 0.3) is 0 Å². The summed E-state index contributed by atoms with van der Waals surface area (Å²) in [4.78, 5) is 10.7. The van der Waals surface area contributed by atoms with Crippen LogP contribution >= 0.6 is 0 Å². The molecule has 352 valence electrons. The van der Waals surface area contributed by atoms with Crippen molar-refractivity contribution in [1.29, 1.82) is 0 Å². The number of aliphatic imine (C=N–C) groups is 2. The lowest BCUT2D eigenvalue weighted by Gasteiger charge is -2.11. The first kappa shape index (κ1) is 56.0. The number of benzene rings is 2. The predicted molar refractivity (Wildman–Crippen MR) is 284 cm³/mol. The Morgan fingerprint density at radius 2 is 0.651 bits per heavy atom. The van der Waals surface area contributed by atoms with E-state index < -0.39 is 0 Å². The van der Waals surface area contributed by atoms with Crippen LogP contribution in [0.1, 0.15) is 276 Å². The van der Waals surface area contributed by atoms with Crippen LogP contribution in [0.15, 0.2) is 58.5 Å². The fraction of sp³-hybridized carbons (Fsp3) is 0.705. The van der Waals surface area contributed by atoms with Gasteiger partial charge in [0, 0.05) is 25.7 Å². The zero-order valence-electron chi connectivity index (χ0n) is 42.1. The van der Waals surface area contributed by atoms with E-state index in [4.69, 9.17) is 9.98 Å². The second-order valence-electron chi connectivity index (χ2n) is 18.7. The average molecular weight is 859 g/mol. The van der Waals surface area contributed by atoms with Gasteiger partial charge in [0.25, 0.3) is 0 Å². The molecule has 0 unspecified atom stereocenters. The summed E-state index contributed by atoms with van der Waals surface area (Å²) in [6.07, 6.45) is 50.3. The Kier molecular flexibility index (Phi) is 38.1. The van der Waals surface area contributed by atoms with E-state index in [0.717, 1.165) is 87.0 Å². The highest BCUT2D eigenvalue weighted by molar-refractivity contribution is 6.42. The van der Waals surface area contributed by atoms with Crippen molar-refractivity contribution < 1.29 is 0 Å². The van der Waals surface area contributed by atoms with Gasteiger partial charge in [0.1, 0.15) is 0 Å². The third-order valence-electron chi connectivity index (χ3n) is 12.8. The van der Waals surface area contributed by atoms with Gasteiger partial charge in [-0.05, 0) is 81.5 Å². The minimum atomic E-state index is 0.960. The second-order valence-corrected chi connectivity index (χ2v) is 18.7. The van der Waals surface area contributed by atoms with Gasteiger partial charge >= 0.3 is 0 Å². The van der Waals surface area contributed by atoms with Crippen LogP contribution in [0.3, 0.4) is 0 Å². The molecule has 2 aromatic carbocycles. The number of para-hydroxylation sites is 2. The molecule has 0 bridgehead atoms. The molecule has 2 rings (SSSR count). The number of unbranched alkanes of at least 4 members (excludes halogenated alkanes) is 31. The van der Waals surface area contributed by atoms with Crippen molar-refractivity contribution in [2.24, 2.45) is 9.98 Å². The lowest BCUT2D eigenvalue weighted by Crippen LogP contribution is -2.11. The van der Waals surface area contributed by atoms with Gasteiger partial charge in [-0.1, -0.05) is 231 Å². The molecular formula is C61H98N2. The topological polar surface area (TPSA) is 24.7 Å². The van der Waals surface area contributed by atoms with Crippen LogP contribution in [-0.2, 0) is 12.8 Å². The van der Waals surface area contributed by atoms with Crippen molar-refractivity contribution in [1.82, 2.24) is 0 Å². The number of hydrogen-bond acceptors (Lipinski definition) is 2. The monoisotopic (exact) mass is 859 g/mol. The number of nitrogens with zero attached hydrogens (tertiary/aromatic N) is 2.